The van der Waals surface area contributed by atoms with Crippen LogP contribution in [-0.4, -0.2) is 60.1 Å². The molecule has 1 unspecified atom stereocenters. The predicted octanol–water partition coefficient (Wildman–Crippen LogP) is 2.93. The lowest BCUT2D eigenvalue weighted by Crippen LogP contribution is -2.47. The van der Waals surface area contributed by atoms with Gasteiger partial charge in [0, 0.05) is 57.3 Å². The minimum absolute atomic E-state index is 0.479. The summed E-state index contributed by atoms with van der Waals surface area (Å²) in [4.78, 5) is 17.8. The second kappa shape index (κ2) is 10.8. The number of hydrogen-bond acceptors (Lipinski definition) is 5. The standard InChI is InChI=1S/C22H33N7/c1-3-18(2)19-6-8-20(9-7-19)27-21(23)24-12-5-13-28-14-16-29(17-15-28)22-25-10-4-11-26-22/h4,6-11,18H,3,5,12-17H2,1-2H3,(H3,23,24,27). The van der Waals surface area contributed by atoms with E-state index < -0.39 is 0 Å². The van der Waals surface area contributed by atoms with Gasteiger partial charge in [0.25, 0.3) is 0 Å². The Labute approximate surface area is 174 Å². The molecule has 156 valence electrons. The minimum Gasteiger partial charge on any atom is -0.370 e. The van der Waals surface area contributed by atoms with Crippen molar-refractivity contribution in [3.63, 3.8) is 0 Å². The third-order valence-corrected chi connectivity index (χ3v) is 5.49. The molecular weight excluding hydrogens is 362 g/mol. The van der Waals surface area contributed by atoms with E-state index in [-0.39, 0.29) is 0 Å². The van der Waals surface area contributed by atoms with Crippen LogP contribution in [-0.2, 0) is 0 Å². The van der Waals surface area contributed by atoms with Crippen LogP contribution in [0.4, 0.5) is 11.6 Å². The number of nitrogens with one attached hydrogen (secondary N) is 1. The molecule has 7 nitrogen and oxygen atoms in total. The van der Waals surface area contributed by atoms with Crippen LogP contribution in [0.25, 0.3) is 0 Å². The molecule has 3 rings (SSSR count). The van der Waals surface area contributed by atoms with Gasteiger partial charge in [-0.1, -0.05) is 26.0 Å². The lowest BCUT2D eigenvalue weighted by atomic mass is 9.99. The largest absolute Gasteiger partial charge is 0.370 e. The first kappa shape index (κ1) is 21.0. The van der Waals surface area contributed by atoms with Crippen molar-refractivity contribution in [1.29, 1.82) is 0 Å². The number of anilines is 2. The van der Waals surface area contributed by atoms with Crippen molar-refractivity contribution in [3.8, 4) is 0 Å². The number of rotatable bonds is 8. The number of aliphatic imine (C=N–C) groups is 1. The molecule has 2 heterocycles. The summed E-state index contributed by atoms with van der Waals surface area (Å²) >= 11 is 0. The molecule has 1 aromatic heterocycles. The van der Waals surface area contributed by atoms with Gasteiger partial charge in [0.2, 0.25) is 5.95 Å². The van der Waals surface area contributed by atoms with E-state index >= 15 is 0 Å². The Morgan fingerprint density at radius 2 is 1.83 bits per heavy atom. The molecule has 0 amide bonds. The van der Waals surface area contributed by atoms with E-state index in [9.17, 15) is 0 Å². The van der Waals surface area contributed by atoms with Gasteiger partial charge in [-0.15, -0.1) is 0 Å². The summed E-state index contributed by atoms with van der Waals surface area (Å²) in [6, 6.07) is 10.3. The molecular formula is C22H33N7. The van der Waals surface area contributed by atoms with Crippen molar-refractivity contribution in [2.24, 2.45) is 10.7 Å². The van der Waals surface area contributed by atoms with Crippen molar-refractivity contribution in [2.45, 2.75) is 32.6 Å². The maximum Gasteiger partial charge on any atom is 0.225 e. The van der Waals surface area contributed by atoms with E-state index in [2.05, 4.69) is 68.2 Å². The number of aromatic nitrogens is 2. The van der Waals surface area contributed by atoms with Gasteiger partial charge in [0.1, 0.15) is 0 Å². The Morgan fingerprint density at radius 3 is 2.48 bits per heavy atom. The third kappa shape index (κ3) is 6.42. The van der Waals surface area contributed by atoms with Gasteiger partial charge in [0.15, 0.2) is 5.96 Å². The molecule has 0 saturated carbocycles. The van der Waals surface area contributed by atoms with Crippen LogP contribution in [0.1, 0.15) is 38.2 Å². The first-order valence-corrected chi connectivity index (χ1v) is 10.6. The van der Waals surface area contributed by atoms with Crippen LogP contribution in [0.2, 0.25) is 0 Å². The molecule has 0 bridgehead atoms. The zero-order chi connectivity index (χ0) is 20.5. The van der Waals surface area contributed by atoms with Crippen LogP contribution >= 0.6 is 0 Å². The first-order valence-electron chi connectivity index (χ1n) is 10.6. The smallest absolute Gasteiger partial charge is 0.225 e. The molecule has 29 heavy (non-hydrogen) atoms. The fraction of sp³-hybridized carbons (Fsp3) is 0.500. The molecule has 1 fully saturated rings. The summed E-state index contributed by atoms with van der Waals surface area (Å²) in [5.41, 5.74) is 8.37. The highest BCUT2D eigenvalue weighted by Gasteiger charge is 2.18. The Hall–Kier alpha value is -2.67. The van der Waals surface area contributed by atoms with E-state index in [0.717, 1.165) is 63.7 Å². The zero-order valence-electron chi connectivity index (χ0n) is 17.6. The van der Waals surface area contributed by atoms with Gasteiger partial charge in [-0.25, -0.2) is 9.97 Å². The average molecular weight is 396 g/mol. The highest BCUT2D eigenvalue weighted by molar-refractivity contribution is 5.92. The highest BCUT2D eigenvalue weighted by Crippen LogP contribution is 2.20. The lowest BCUT2D eigenvalue weighted by Gasteiger charge is -2.34. The van der Waals surface area contributed by atoms with Gasteiger partial charge in [-0.3, -0.25) is 9.89 Å². The van der Waals surface area contributed by atoms with Crippen molar-refractivity contribution in [1.82, 2.24) is 14.9 Å². The SMILES string of the molecule is CCC(C)c1ccc(NC(N)=NCCCN2CCN(c3ncccn3)CC2)cc1. The number of nitrogens with zero attached hydrogens (tertiary/aromatic N) is 5. The molecule has 1 aromatic carbocycles. The summed E-state index contributed by atoms with van der Waals surface area (Å²) in [5.74, 6) is 1.89. The topological polar surface area (TPSA) is 82.7 Å². The number of piperazine rings is 1. The van der Waals surface area contributed by atoms with Gasteiger partial charge in [-0.2, -0.15) is 0 Å². The molecule has 0 radical (unpaired) electrons. The summed E-state index contributed by atoms with van der Waals surface area (Å²) in [5, 5.41) is 3.18. The van der Waals surface area contributed by atoms with E-state index in [0.29, 0.717) is 11.9 Å². The van der Waals surface area contributed by atoms with E-state index in [4.69, 9.17) is 5.73 Å². The molecule has 3 N–H and O–H groups in total. The van der Waals surface area contributed by atoms with Gasteiger partial charge >= 0.3 is 0 Å². The van der Waals surface area contributed by atoms with Crippen molar-refractivity contribution >= 4 is 17.6 Å². The monoisotopic (exact) mass is 395 g/mol. The second-order valence-corrected chi connectivity index (χ2v) is 7.55. The number of benzene rings is 1. The van der Waals surface area contributed by atoms with Gasteiger partial charge in [-0.05, 0) is 42.5 Å². The Bertz CT molecular complexity index is 752. The van der Waals surface area contributed by atoms with Crippen molar-refractivity contribution in [2.75, 3.05) is 49.5 Å². The minimum atomic E-state index is 0.479. The number of hydrogen-bond donors (Lipinski definition) is 2. The maximum atomic E-state index is 6.04. The number of nitrogens with two attached hydrogens (primary N) is 1. The molecule has 1 aliphatic heterocycles. The average Bonchev–Trinajstić information content (AvgIpc) is 2.78. The predicted molar refractivity (Wildman–Crippen MR) is 121 cm³/mol. The Balaban J connectivity index is 1.35. The summed E-state index contributed by atoms with van der Waals surface area (Å²) in [6.07, 6.45) is 5.74. The van der Waals surface area contributed by atoms with Crippen LogP contribution in [0.5, 0.6) is 0 Å². The molecule has 2 aromatic rings. The molecule has 1 aliphatic rings. The van der Waals surface area contributed by atoms with Crippen LogP contribution in [0.3, 0.4) is 0 Å². The fourth-order valence-corrected chi connectivity index (χ4v) is 3.44. The first-order chi connectivity index (χ1) is 14.2. The van der Waals surface area contributed by atoms with Crippen LogP contribution in [0.15, 0.2) is 47.7 Å². The van der Waals surface area contributed by atoms with Gasteiger partial charge in [0.05, 0.1) is 0 Å². The van der Waals surface area contributed by atoms with E-state index in [1.54, 1.807) is 12.4 Å². The fourth-order valence-electron chi connectivity index (χ4n) is 3.44. The summed E-state index contributed by atoms with van der Waals surface area (Å²) < 4.78 is 0. The van der Waals surface area contributed by atoms with E-state index in [1.807, 2.05) is 6.07 Å². The Kier molecular flexibility index (Phi) is 7.81. The van der Waals surface area contributed by atoms with Gasteiger partial charge < -0.3 is 16.0 Å². The van der Waals surface area contributed by atoms with Crippen molar-refractivity contribution in [3.05, 3.63) is 48.3 Å². The molecule has 1 atom stereocenters. The second-order valence-electron chi connectivity index (χ2n) is 7.55. The normalized spacial score (nSPS) is 16.6. The Morgan fingerprint density at radius 1 is 1.14 bits per heavy atom. The molecule has 1 saturated heterocycles. The quantitative estimate of drug-likeness (QED) is 0.406. The molecule has 0 aliphatic carbocycles. The summed E-state index contributed by atoms with van der Waals surface area (Å²) in [6.45, 7) is 10.2. The lowest BCUT2D eigenvalue weighted by molar-refractivity contribution is 0.255. The number of guanidine groups is 1. The van der Waals surface area contributed by atoms with Crippen molar-refractivity contribution < 1.29 is 0 Å². The molecule has 7 heteroatoms. The molecule has 0 spiro atoms. The maximum absolute atomic E-state index is 6.04. The highest BCUT2D eigenvalue weighted by atomic mass is 15.3. The van der Waals surface area contributed by atoms with Crippen LogP contribution in [0, 0.1) is 0 Å². The summed E-state index contributed by atoms with van der Waals surface area (Å²) in [7, 11) is 0. The van der Waals surface area contributed by atoms with E-state index in [1.165, 1.54) is 5.56 Å². The van der Waals surface area contributed by atoms with Crippen LogP contribution < -0.4 is 16.0 Å². The zero-order valence-corrected chi connectivity index (χ0v) is 17.6. The third-order valence-electron chi connectivity index (χ3n) is 5.49.